The van der Waals surface area contributed by atoms with Gasteiger partial charge >= 0.3 is 5.97 Å². The number of hydrogen-bond donors (Lipinski definition) is 2. The number of aliphatic carboxylic acids is 1. The fourth-order valence-electron chi connectivity index (χ4n) is 3.20. The van der Waals surface area contributed by atoms with Gasteiger partial charge in [0.15, 0.2) is 0 Å². The Bertz CT molecular complexity index is 378. The lowest BCUT2D eigenvalue weighted by molar-refractivity contribution is -0.147. The van der Waals surface area contributed by atoms with Crippen LogP contribution in [0.25, 0.3) is 0 Å². The van der Waals surface area contributed by atoms with Crippen LogP contribution in [0.15, 0.2) is 12.2 Å². The molecule has 0 saturated heterocycles. The molecule has 4 atom stereocenters. The van der Waals surface area contributed by atoms with E-state index in [1.54, 1.807) is 0 Å². The van der Waals surface area contributed by atoms with E-state index >= 15 is 0 Å². The molecule has 2 aliphatic carbocycles. The number of carbonyl (C=O) groups excluding carboxylic acids is 1. The van der Waals surface area contributed by atoms with E-state index in [0.29, 0.717) is 18.8 Å². The molecule has 0 aromatic carbocycles. The van der Waals surface area contributed by atoms with Gasteiger partial charge in [0, 0.05) is 6.04 Å². The predicted molar refractivity (Wildman–Crippen MR) is 72.6 cm³/mol. The Kier molecular flexibility index (Phi) is 4.61. The van der Waals surface area contributed by atoms with E-state index in [0.717, 1.165) is 19.3 Å². The van der Waals surface area contributed by atoms with Crippen molar-refractivity contribution in [2.75, 3.05) is 0 Å². The molecule has 1 fully saturated rings. The number of nitrogens with one attached hydrogen (secondary N) is 1. The van der Waals surface area contributed by atoms with Crippen LogP contribution < -0.4 is 5.32 Å². The Morgan fingerprint density at radius 3 is 2.37 bits per heavy atom. The molecule has 0 aliphatic heterocycles. The molecular weight excluding hydrogens is 242 g/mol. The lowest BCUT2D eigenvalue weighted by atomic mass is 9.81. The molecule has 4 nitrogen and oxygen atoms in total. The number of hydrogen-bond acceptors (Lipinski definition) is 2. The van der Waals surface area contributed by atoms with Crippen LogP contribution in [0.4, 0.5) is 0 Å². The summed E-state index contributed by atoms with van der Waals surface area (Å²) in [5, 5.41) is 12.3. The van der Waals surface area contributed by atoms with Gasteiger partial charge in [0.2, 0.25) is 5.91 Å². The van der Waals surface area contributed by atoms with Crippen LogP contribution in [0.2, 0.25) is 0 Å². The van der Waals surface area contributed by atoms with Crippen molar-refractivity contribution >= 4 is 11.9 Å². The summed E-state index contributed by atoms with van der Waals surface area (Å²) in [4.78, 5) is 23.5. The van der Waals surface area contributed by atoms with Crippen molar-refractivity contribution in [1.82, 2.24) is 5.32 Å². The van der Waals surface area contributed by atoms with Crippen molar-refractivity contribution in [2.24, 2.45) is 17.8 Å². The van der Waals surface area contributed by atoms with Crippen LogP contribution >= 0.6 is 0 Å². The molecular formula is C15H23NO3. The van der Waals surface area contributed by atoms with Crippen molar-refractivity contribution in [2.45, 2.75) is 51.5 Å². The molecule has 2 aliphatic rings. The van der Waals surface area contributed by atoms with Crippen molar-refractivity contribution in [3.05, 3.63) is 12.2 Å². The van der Waals surface area contributed by atoms with E-state index < -0.39 is 17.8 Å². The number of carboxylic acids is 1. The summed E-state index contributed by atoms with van der Waals surface area (Å²) in [6.07, 6.45) is 9.36. The molecule has 4 heteroatoms. The van der Waals surface area contributed by atoms with Gasteiger partial charge in [-0.3, -0.25) is 9.59 Å². The molecule has 19 heavy (non-hydrogen) atoms. The normalized spacial score (nSPS) is 34.8. The van der Waals surface area contributed by atoms with E-state index in [1.165, 1.54) is 6.42 Å². The first-order valence-corrected chi connectivity index (χ1v) is 7.27. The third-order valence-corrected chi connectivity index (χ3v) is 4.53. The summed E-state index contributed by atoms with van der Waals surface area (Å²) in [5.74, 6) is -1.41. The zero-order valence-electron chi connectivity index (χ0n) is 11.5. The molecule has 0 radical (unpaired) electrons. The first-order valence-electron chi connectivity index (χ1n) is 7.27. The Labute approximate surface area is 114 Å². The van der Waals surface area contributed by atoms with Gasteiger partial charge in [-0.25, -0.2) is 0 Å². The molecule has 0 aromatic heterocycles. The highest BCUT2D eigenvalue weighted by Gasteiger charge is 2.35. The third-order valence-electron chi connectivity index (χ3n) is 4.53. The van der Waals surface area contributed by atoms with Gasteiger partial charge in [-0.2, -0.15) is 0 Å². The van der Waals surface area contributed by atoms with E-state index in [9.17, 15) is 14.7 Å². The van der Waals surface area contributed by atoms with Gasteiger partial charge < -0.3 is 10.4 Å². The second-order valence-electron chi connectivity index (χ2n) is 5.87. The van der Waals surface area contributed by atoms with Crippen molar-refractivity contribution in [3.8, 4) is 0 Å². The Morgan fingerprint density at radius 1 is 1.11 bits per heavy atom. The molecule has 1 amide bonds. The maximum absolute atomic E-state index is 12.3. The number of allylic oxidation sites excluding steroid dienone is 2. The van der Waals surface area contributed by atoms with Crippen LogP contribution in [-0.2, 0) is 9.59 Å². The maximum Gasteiger partial charge on any atom is 0.307 e. The molecule has 2 rings (SSSR count). The monoisotopic (exact) mass is 265 g/mol. The Hall–Kier alpha value is -1.32. The molecule has 0 spiro atoms. The first-order chi connectivity index (χ1) is 9.09. The molecule has 0 unspecified atom stereocenters. The minimum atomic E-state index is -0.860. The smallest absolute Gasteiger partial charge is 0.307 e. The minimum absolute atomic E-state index is 0.0736. The number of carboxylic acid groups (broad SMARTS) is 1. The summed E-state index contributed by atoms with van der Waals surface area (Å²) in [7, 11) is 0. The average molecular weight is 265 g/mol. The number of amides is 1. The van der Waals surface area contributed by atoms with Gasteiger partial charge in [-0.1, -0.05) is 31.9 Å². The maximum atomic E-state index is 12.3. The molecule has 0 bridgehead atoms. The second-order valence-corrected chi connectivity index (χ2v) is 5.87. The van der Waals surface area contributed by atoms with E-state index in [2.05, 4.69) is 12.2 Å². The zero-order valence-corrected chi connectivity index (χ0v) is 11.5. The summed E-state index contributed by atoms with van der Waals surface area (Å²) in [6, 6.07) is 0.224. The van der Waals surface area contributed by atoms with E-state index in [1.807, 2.05) is 12.2 Å². The molecule has 2 N–H and O–H groups in total. The van der Waals surface area contributed by atoms with Gasteiger partial charge in [-0.05, 0) is 31.6 Å². The lowest BCUT2D eigenvalue weighted by Crippen LogP contribution is -2.46. The van der Waals surface area contributed by atoms with Gasteiger partial charge in [0.05, 0.1) is 11.8 Å². The van der Waals surface area contributed by atoms with Crippen LogP contribution in [0.3, 0.4) is 0 Å². The fraction of sp³-hybridized carbons (Fsp3) is 0.733. The zero-order chi connectivity index (χ0) is 13.8. The van der Waals surface area contributed by atoms with Crippen molar-refractivity contribution in [3.63, 3.8) is 0 Å². The van der Waals surface area contributed by atoms with Crippen LogP contribution in [0.1, 0.15) is 45.4 Å². The highest BCUT2D eigenvalue weighted by Crippen LogP contribution is 2.28. The van der Waals surface area contributed by atoms with E-state index in [4.69, 9.17) is 0 Å². The highest BCUT2D eigenvalue weighted by atomic mass is 16.4. The molecule has 0 heterocycles. The SMILES string of the molecule is C[C@@H]1CCCC[C@@H]1NC(=O)[C@H]1CC=CC[C@H]1C(=O)O. The average Bonchev–Trinajstić information content (AvgIpc) is 2.41. The minimum Gasteiger partial charge on any atom is -0.481 e. The molecule has 0 aromatic rings. The third kappa shape index (κ3) is 3.37. The van der Waals surface area contributed by atoms with Gasteiger partial charge in [0.1, 0.15) is 0 Å². The predicted octanol–water partition coefficient (Wildman–Crippen LogP) is 2.35. The Balaban J connectivity index is 1.97. The van der Waals surface area contributed by atoms with Gasteiger partial charge in [-0.15, -0.1) is 0 Å². The number of carbonyl (C=O) groups is 2. The van der Waals surface area contributed by atoms with Crippen molar-refractivity contribution in [1.29, 1.82) is 0 Å². The topological polar surface area (TPSA) is 66.4 Å². The summed E-state index contributed by atoms with van der Waals surface area (Å²) >= 11 is 0. The van der Waals surface area contributed by atoms with E-state index in [-0.39, 0.29) is 11.9 Å². The fourth-order valence-corrected chi connectivity index (χ4v) is 3.20. The van der Waals surface area contributed by atoms with Crippen LogP contribution in [0, 0.1) is 17.8 Å². The van der Waals surface area contributed by atoms with Crippen LogP contribution in [0.5, 0.6) is 0 Å². The standard InChI is InChI=1S/C15H23NO3/c1-10-6-2-5-9-13(10)16-14(17)11-7-3-4-8-12(11)15(18)19/h3-4,10-13H,2,5-9H2,1H3,(H,16,17)(H,18,19)/t10-,11+,12-,13+/m1/s1. The first kappa shape index (κ1) is 14.1. The Morgan fingerprint density at radius 2 is 1.74 bits per heavy atom. The second kappa shape index (κ2) is 6.22. The largest absolute Gasteiger partial charge is 0.481 e. The van der Waals surface area contributed by atoms with Crippen LogP contribution in [-0.4, -0.2) is 23.0 Å². The van der Waals surface area contributed by atoms with Crippen molar-refractivity contribution < 1.29 is 14.7 Å². The lowest BCUT2D eigenvalue weighted by Gasteiger charge is -2.32. The summed E-state index contributed by atoms with van der Waals surface area (Å²) in [6.45, 7) is 2.17. The quantitative estimate of drug-likeness (QED) is 0.770. The number of rotatable bonds is 3. The summed E-state index contributed by atoms with van der Waals surface area (Å²) in [5.41, 5.74) is 0. The highest BCUT2D eigenvalue weighted by molar-refractivity contribution is 5.85. The van der Waals surface area contributed by atoms with Gasteiger partial charge in [0.25, 0.3) is 0 Å². The molecule has 1 saturated carbocycles. The molecule has 106 valence electrons. The summed E-state index contributed by atoms with van der Waals surface area (Å²) < 4.78 is 0.